The fraction of sp³-hybridized carbons (Fsp3) is 0.167. The molecule has 1 atom stereocenters. The molecule has 1 aliphatic rings. The van der Waals surface area contributed by atoms with E-state index in [1.165, 1.54) is 18.4 Å². The van der Waals surface area contributed by atoms with E-state index in [2.05, 4.69) is 15.9 Å². The number of allylic oxidation sites excluding steroid dienone is 1. The van der Waals surface area contributed by atoms with Crippen molar-refractivity contribution in [1.29, 1.82) is 0 Å². The molecule has 3 aromatic carbocycles. The SMILES string of the molecule is CCC1=C(C(=O)OC)[C@@H](c2ccccc2)n2c(s/c(=C\c3ccc(OCc4ccccc4Cl)c(Br)c3)c2=O)=N1. The third-order valence-corrected chi connectivity index (χ3v) is 8.33. The normalized spacial score (nSPS) is 15.1. The fourth-order valence-corrected chi connectivity index (χ4v) is 6.18. The predicted molar refractivity (Wildman–Crippen MR) is 157 cm³/mol. The van der Waals surface area contributed by atoms with Gasteiger partial charge in [0.15, 0.2) is 4.80 Å². The first-order chi connectivity index (χ1) is 18.9. The van der Waals surface area contributed by atoms with E-state index >= 15 is 0 Å². The average molecular weight is 624 g/mol. The highest BCUT2D eigenvalue weighted by Gasteiger charge is 2.33. The zero-order valence-electron chi connectivity index (χ0n) is 21.2. The second-order valence-corrected chi connectivity index (χ2v) is 11.0. The third kappa shape index (κ3) is 5.50. The maximum atomic E-state index is 13.8. The first-order valence-electron chi connectivity index (χ1n) is 12.2. The number of aromatic nitrogens is 1. The summed E-state index contributed by atoms with van der Waals surface area (Å²) < 4.78 is 13.9. The molecule has 5 rings (SSSR count). The number of esters is 1. The Morgan fingerprint density at radius 1 is 1.13 bits per heavy atom. The Hall–Kier alpha value is -3.46. The van der Waals surface area contributed by atoms with E-state index in [1.807, 2.05) is 85.8 Å². The highest BCUT2D eigenvalue weighted by atomic mass is 79.9. The van der Waals surface area contributed by atoms with Crippen LogP contribution in [0.4, 0.5) is 0 Å². The number of carbonyl (C=O) groups is 1. The second kappa shape index (κ2) is 11.7. The molecule has 0 radical (unpaired) electrons. The number of fused-ring (bicyclic) bond motifs is 1. The molecule has 0 fully saturated rings. The number of hydrogen-bond acceptors (Lipinski definition) is 6. The standard InChI is InChI=1S/C30H24BrClN2O4S/c1-3-23-26(29(36)37-2)27(19-9-5-4-6-10-19)34-28(35)25(39-30(34)33-23)16-18-13-14-24(21(31)15-18)38-17-20-11-7-8-12-22(20)32/h4-16,27H,3,17H2,1-2H3/b25-16-/t27-/m1/s1. The van der Waals surface area contributed by atoms with Crippen molar-refractivity contribution in [2.24, 2.45) is 4.99 Å². The molecular formula is C30H24BrClN2O4S. The maximum Gasteiger partial charge on any atom is 0.338 e. The van der Waals surface area contributed by atoms with Crippen LogP contribution in [0.15, 0.2) is 98.3 Å². The van der Waals surface area contributed by atoms with Gasteiger partial charge in [0.1, 0.15) is 12.4 Å². The summed E-state index contributed by atoms with van der Waals surface area (Å²) in [6.45, 7) is 2.27. The topological polar surface area (TPSA) is 69.9 Å². The van der Waals surface area contributed by atoms with Crippen LogP contribution in [0.5, 0.6) is 5.75 Å². The van der Waals surface area contributed by atoms with E-state index in [4.69, 9.17) is 26.1 Å². The van der Waals surface area contributed by atoms with Gasteiger partial charge in [0, 0.05) is 10.6 Å². The van der Waals surface area contributed by atoms with Gasteiger partial charge < -0.3 is 9.47 Å². The number of ether oxygens (including phenoxy) is 2. The van der Waals surface area contributed by atoms with Crippen molar-refractivity contribution in [3.05, 3.63) is 130 Å². The van der Waals surface area contributed by atoms with Crippen LogP contribution in [0, 0.1) is 0 Å². The molecule has 0 saturated carbocycles. The van der Waals surface area contributed by atoms with Crippen LogP contribution in [0.2, 0.25) is 5.02 Å². The Balaban J connectivity index is 1.54. The molecule has 1 aliphatic heterocycles. The van der Waals surface area contributed by atoms with Gasteiger partial charge in [-0.2, -0.15) is 0 Å². The number of hydrogen-bond donors (Lipinski definition) is 0. The van der Waals surface area contributed by atoms with Crippen LogP contribution in [-0.2, 0) is 16.1 Å². The van der Waals surface area contributed by atoms with E-state index in [1.54, 1.807) is 4.57 Å². The highest BCUT2D eigenvalue weighted by molar-refractivity contribution is 9.10. The smallest absolute Gasteiger partial charge is 0.338 e. The van der Waals surface area contributed by atoms with Crippen LogP contribution >= 0.6 is 38.9 Å². The molecular weight excluding hydrogens is 600 g/mol. The Bertz CT molecular complexity index is 1760. The Morgan fingerprint density at radius 3 is 2.56 bits per heavy atom. The number of methoxy groups -OCH3 is 1. The first-order valence-corrected chi connectivity index (χ1v) is 14.2. The van der Waals surface area contributed by atoms with Crippen LogP contribution in [0.3, 0.4) is 0 Å². The molecule has 0 unspecified atom stereocenters. The van der Waals surface area contributed by atoms with Crippen LogP contribution in [0.1, 0.15) is 36.1 Å². The van der Waals surface area contributed by atoms with Crippen molar-refractivity contribution in [1.82, 2.24) is 4.57 Å². The van der Waals surface area contributed by atoms with Gasteiger partial charge in [-0.1, -0.05) is 84.5 Å². The van der Waals surface area contributed by atoms with Crippen molar-refractivity contribution in [2.45, 2.75) is 26.0 Å². The van der Waals surface area contributed by atoms with Crippen molar-refractivity contribution in [3.8, 4) is 5.75 Å². The molecule has 1 aromatic heterocycles. The summed E-state index contributed by atoms with van der Waals surface area (Å²) in [7, 11) is 1.34. The molecule has 6 nitrogen and oxygen atoms in total. The van der Waals surface area contributed by atoms with Gasteiger partial charge in [0.05, 0.1) is 33.4 Å². The average Bonchev–Trinajstić information content (AvgIpc) is 3.26. The first kappa shape index (κ1) is 27.1. The van der Waals surface area contributed by atoms with Gasteiger partial charge in [-0.3, -0.25) is 9.36 Å². The van der Waals surface area contributed by atoms with Gasteiger partial charge in [-0.05, 0) is 57.8 Å². The van der Waals surface area contributed by atoms with Crippen molar-refractivity contribution < 1.29 is 14.3 Å². The molecule has 0 bridgehead atoms. The lowest BCUT2D eigenvalue weighted by atomic mass is 9.95. The van der Waals surface area contributed by atoms with Crippen LogP contribution < -0.4 is 19.6 Å². The summed E-state index contributed by atoms with van der Waals surface area (Å²) in [6, 6.07) is 22.0. The Kier molecular flexibility index (Phi) is 8.16. The van der Waals surface area contributed by atoms with E-state index in [0.29, 0.717) is 44.4 Å². The lowest BCUT2D eigenvalue weighted by Crippen LogP contribution is -2.40. The molecule has 2 heterocycles. The maximum absolute atomic E-state index is 13.8. The Morgan fingerprint density at radius 2 is 1.87 bits per heavy atom. The number of halogens is 2. The van der Waals surface area contributed by atoms with Gasteiger partial charge in [0.2, 0.25) is 0 Å². The lowest BCUT2D eigenvalue weighted by molar-refractivity contribution is -0.136. The van der Waals surface area contributed by atoms with E-state index in [9.17, 15) is 9.59 Å². The summed E-state index contributed by atoms with van der Waals surface area (Å²) in [6.07, 6.45) is 2.35. The zero-order valence-corrected chi connectivity index (χ0v) is 24.3. The number of carbonyl (C=O) groups excluding carboxylic acids is 1. The summed E-state index contributed by atoms with van der Waals surface area (Å²) in [4.78, 5) is 31.9. The number of benzene rings is 3. The fourth-order valence-electron chi connectivity index (χ4n) is 4.46. The molecule has 0 N–H and O–H groups in total. The molecule has 0 aliphatic carbocycles. The van der Waals surface area contributed by atoms with Gasteiger partial charge in [-0.25, -0.2) is 9.79 Å². The monoisotopic (exact) mass is 622 g/mol. The summed E-state index contributed by atoms with van der Waals surface area (Å²) in [5.74, 6) is 0.169. The largest absolute Gasteiger partial charge is 0.488 e. The predicted octanol–water partition coefficient (Wildman–Crippen LogP) is 5.79. The summed E-state index contributed by atoms with van der Waals surface area (Å²) >= 11 is 11.1. The van der Waals surface area contributed by atoms with Crippen LogP contribution in [-0.4, -0.2) is 17.6 Å². The minimum Gasteiger partial charge on any atom is -0.488 e. The molecule has 0 saturated heterocycles. The molecule has 39 heavy (non-hydrogen) atoms. The molecule has 0 spiro atoms. The molecule has 0 amide bonds. The number of thiazole rings is 1. The summed E-state index contributed by atoms with van der Waals surface area (Å²) in [5.41, 5.74) is 3.30. The summed E-state index contributed by atoms with van der Waals surface area (Å²) in [5, 5.41) is 0.649. The lowest BCUT2D eigenvalue weighted by Gasteiger charge is -2.25. The van der Waals surface area contributed by atoms with Gasteiger partial charge >= 0.3 is 5.97 Å². The minimum absolute atomic E-state index is 0.223. The zero-order chi connectivity index (χ0) is 27.5. The molecule has 9 heteroatoms. The van der Waals surface area contributed by atoms with Gasteiger partial charge in [0.25, 0.3) is 5.56 Å². The van der Waals surface area contributed by atoms with E-state index in [-0.39, 0.29) is 5.56 Å². The van der Waals surface area contributed by atoms with Crippen molar-refractivity contribution >= 4 is 50.9 Å². The van der Waals surface area contributed by atoms with E-state index < -0.39 is 12.0 Å². The Labute approximate surface area is 242 Å². The number of rotatable bonds is 7. The quantitative estimate of drug-likeness (QED) is 0.244. The minimum atomic E-state index is -0.626. The second-order valence-electron chi connectivity index (χ2n) is 8.77. The van der Waals surface area contributed by atoms with Crippen molar-refractivity contribution in [2.75, 3.05) is 7.11 Å². The third-order valence-electron chi connectivity index (χ3n) is 6.36. The number of nitrogens with zero attached hydrogens (tertiary/aromatic N) is 2. The highest BCUT2D eigenvalue weighted by Crippen LogP contribution is 2.32. The van der Waals surface area contributed by atoms with E-state index in [0.717, 1.165) is 21.2 Å². The molecule has 198 valence electrons. The van der Waals surface area contributed by atoms with Crippen LogP contribution in [0.25, 0.3) is 6.08 Å². The van der Waals surface area contributed by atoms with Gasteiger partial charge in [-0.15, -0.1) is 0 Å². The molecule has 4 aromatic rings. The van der Waals surface area contributed by atoms with Crippen molar-refractivity contribution in [3.63, 3.8) is 0 Å².